The summed E-state index contributed by atoms with van der Waals surface area (Å²) in [4.78, 5) is 21.2. The van der Waals surface area contributed by atoms with E-state index in [0.29, 0.717) is 11.3 Å². The molecule has 1 aromatic carbocycles. The molecule has 16 heavy (non-hydrogen) atoms. The van der Waals surface area contributed by atoms with Gasteiger partial charge in [0, 0.05) is 23.3 Å². The number of nitrogens with one attached hydrogen (secondary N) is 2. The van der Waals surface area contributed by atoms with Gasteiger partial charge in [0.15, 0.2) is 0 Å². The van der Waals surface area contributed by atoms with E-state index in [1.165, 1.54) is 12.1 Å². The first-order valence-electron chi connectivity index (χ1n) is 4.61. The van der Waals surface area contributed by atoms with Crippen LogP contribution in [0.1, 0.15) is 5.56 Å². The maximum Gasteiger partial charge on any atom is 0.269 e. The molecule has 0 saturated heterocycles. The average Bonchev–Trinajstić information content (AvgIpc) is 2.60. The van der Waals surface area contributed by atoms with E-state index in [4.69, 9.17) is 0 Å². The van der Waals surface area contributed by atoms with Crippen molar-refractivity contribution in [3.8, 4) is 11.3 Å². The Balaban J connectivity index is 2.46. The zero-order valence-corrected chi connectivity index (χ0v) is 8.48. The monoisotopic (exact) mass is 219 g/mol. The van der Waals surface area contributed by atoms with Crippen LogP contribution in [0, 0.1) is 17.0 Å². The van der Waals surface area contributed by atoms with Crippen LogP contribution >= 0.6 is 0 Å². The lowest BCUT2D eigenvalue weighted by atomic mass is 10.1. The van der Waals surface area contributed by atoms with Gasteiger partial charge >= 0.3 is 0 Å². The molecule has 0 amide bonds. The van der Waals surface area contributed by atoms with Crippen LogP contribution in [0.5, 0.6) is 0 Å². The second-order valence-corrected chi connectivity index (χ2v) is 3.38. The van der Waals surface area contributed by atoms with Crippen LogP contribution in [0.4, 0.5) is 5.69 Å². The summed E-state index contributed by atoms with van der Waals surface area (Å²) in [6, 6.07) is 6.01. The van der Waals surface area contributed by atoms with Crippen LogP contribution in [0.3, 0.4) is 0 Å². The van der Waals surface area contributed by atoms with Crippen molar-refractivity contribution in [3.63, 3.8) is 0 Å². The fourth-order valence-electron chi connectivity index (χ4n) is 1.46. The van der Waals surface area contributed by atoms with Crippen LogP contribution in [0.2, 0.25) is 0 Å². The minimum Gasteiger partial charge on any atom is -0.297 e. The van der Waals surface area contributed by atoms with Crippen molar-refractivity contribution in [2.24, 2.45) is 0 Å². The van der Waals surface area contributed by atoms with Gasteiger partial charge in [0.25, 0.3) is 11.2 Å². The van der Waals surface area contributed by atoms with Gasteiger partial charge in [-0.05, 0) is 19.1 Å². The van der Waals surface area contributed by atoms with Gasteiger partial charge in [-0.25, -0.2) is 0 Å². The van der Waals surface area contributed by atoms with Crippen molar-refractivity contribution >= 4 is 5.69 Å². The van der Waals surface area contributed by atoms with Crippen molar-refractivity contribution < 1.29 is 4.92 Å². The summed E-state index contributed by atoms with van der Waals surface area (Å²) in [5.41, 5.74) is 1.79. The van der Waals surface area contributed by atoms with Crippen LogP contribution in [0.15, 0.2) is 29.1 Å². The molecule has 2 rings (SSSR count). The third kappa shape index (κ3) is 1.60. The van der Waals surface area contributed by atoms with Gasteiger partial charge in [0.05, 0.1) is 10.6 Å². The molecule has 2 N–H and O–H groups in total. The van der Waals surface area contributed by atoms with Gasteiger partial charge < -0.3 is 0 Å². The van der Waals surface area contributed by atoms with E-state index < -0.39 is 4.92 Å². The molecule has 6 heteroatoms. The predicted octanol–water partition coefficient (Wildman–Crippen LogP) is 1.59. The standard InChI is InChI=1S/C10H9N3O3/c1-6-9(11-12-10(6)14)7-2-4-8(5-3-7)13(15)16/h2-5H,1H3,(H2,11,12,14). The van der Waals surface area contributed by atoms with Crippen LogP contribution in [-0.2, 0) is 0 Å². The molecule has 0 aliphatic rings. The molecule has 0 fully saturated rings. The Kier molecular flexibility index (Phi) is 2.32. The van der Waals surface area contributed by atoms with Gasteiger partial charge in [-0.2, -0.15) is 0 Å². The lowest BCUT2D eigenvalue weighted by molar-refractivity contribution is -0.384. The van der Waals surface area contributed by atoms with Gasteiger partial charge in [-0.3, -0.25) is 25.1 Å². The van der Waals surface area contributed by atoms with Crippen molar-refractivity contribution in [3.05, 3.63) is 50.3 Å². The molecule has 6 nitrogen and oxygen atoms in total. The summed E-state index contributed by atoms with van der Waals surface area (Å²) in [7, 11) is 0. The second kappa shape index (κ2) is 3.65. The molecule has 2 aromatic rings. The fraction of sp³-hybridized carbons (Fsp3) is 0.100. The van der Waals surface area contributed by atoms with Crippen molar-refractivity contribution in [2.45, 2.75) is 6.92 Å². The molecular weight excluding hydrogens is 210 g/mol. The summed E-state index contributed by atoms with van der Waals surface area (Å²) < 4.78 is 0. The first-order chi connectivity index (χ1) is 7.59. The maximum atomic E-state index is 11.2. The van der Waals surface area contributed by atoms with E-state index >= 15 is 0 Å². The Bertz CT molecular complexity index is 580. The highest BCUT2D eigenvalue weighted by molar-refractivity contribution is 5.63. The lowest BCUT2D eigenvalue weighted by Gasteiger charge is -1.98. The van der Waals surface area contributed by atoms with Crippen molar-refractivity contribution in [2.75, 3.05) is 0 Å². The van der Waals surface area contributed by atoms with Crippen LogP contribution in [0.25, 0.3) is 11.3 Å². The molecule has 0 aliphatic carbocycles. The van der Waals surface area contributed by atoms with Gasteiger partial charge in [0.1, 0.15) is 0 Å². The number of non-ortho nitro benzene ring substituents is 1. The quantitative estimate of drug-likeness (QED) is 0.593. The number of nitro groups is 1. The molecule has 0 atom stereocenters. The van der Waals surface area contributed by atoms with Crippen LogP contribution in [-0.4, -0.2) is 15.1 Å². The summed E-state index contributed by atoms with van der Waals surface area (Å²) in [5.74, 6) is 0. The molecule has 0 spiro atoms. The van der Waals surface area contributed by atoms with E-state index in [9.17, 15) is 14.9 Å². The van der Waals surface area contributed by atoms with E-state index in [1.54, 1.807) is 19.1 Å². The van der Waals surface area contributed by atoms with Gasteiger partial charge in [0.2, 0.25) is 0 Å². The summed E-state index contributed by atoms with van der Waals surface area (Å²) in [6.07, 6.45) is 0. The Morgan fingerprint density at radius 3 is 2.25 bits per heavy atom. The highest BCUT2D eigenvalue weighted by Crippen LogP contribution is 2.21. The lowest BCUT2D eigenvalue weighted by Crippen LogP contribution is -2.00. The highest BCUT2D eigenvalue weighted by atomic mass is 16.6. The Labute approximate surface area is 90.1 Å². The zero-order chi connectivity index (χ0) is 11.7. The number of aromatic amines is 2. The Morgan fingerprint density at radius 1 is 1.19 bits per heavy atom. The number of hydrogen-bond donors (Lipinski definition) is 2. The predicted molar refractivity (Wildman–Crippen MR) is 58.2 cm³/mol. The van der Waals surface area contributed by atoms with E-state index in [2.05, 4.69) is 10.2 Å². The summed E-state index contributed by atoms with van der Waals surface area (Å²) in [5, 5.41) is 15.7. The molecule has 0 bridgehead atoms. The molecule has 0 aliphatic heterocycles. The number of hydrogen-bond acceptors (Lipinski definition) is 3. The topological polar surface area (TPSA) is 91.8 Å². The minimum atomic E-state index is -0.462. The molecule has 0 radical (unpaired) electrons. The average molecular weight is 219 g/mol. The number of aromatic nitrogens is 2. The minimum absolute atomic E-state index is 0.0271. The zero-order valence-electron chi connectivity index (χ0n) is 8.48. The SMILES string of the molecule is Cc1c(-c2ccc([N+](=O)[O-])cc2)[nH][nH]c1=O. The largest absolute Gasteiger partial charge is 0.297 e. The number of nitrogens with zero attached hydrogens (tertiary/aromatic N) is 1. The molecular formula is C10H9N3O3. The van der Waals surface area contributed by atoms with Gasteiger partial charge in [-0.1, -0.05) is 0 Å². The number of rotatable bonds is 2. The maximum absolute atomic E-state index is 11.2. The molecule has 0 unspecified atom stereocenters. The molecule has 0 saturated carbocycles. The molecule has 1 heterocycles. The van der Waals surface area contributed by atoms with Crippen molar-refractivity contribution in [1.82, 2.24) is 10.2 Å². The van der Waals surface area contributed by atoms with Gasteiger partial charge in [-0.15, -0.1) is 0 Å². The fourth-order valence-corrected chi connectivity index (χ4v) is 1.46. The van der Waals surface area contributed by atoms with E-state index in [-0.39, 0.29) is 11.2 Å². The summed E-state index contributed by atoms with van der Waals surface area (Å²) >= 11 is 0. The third-order valence-corrected chi connectivity index (χ3v) is 2.38. The van der Waals surface area contributed by atoms with Crippen LogP contribution < -0.4 is 5.56 Å². The first-order valence-corrected chi connectivity index (χ1v) is 4.61. The molecule has 1 aromatic heterocycles. The third-order valence-electron chi connectivity index (χ3n) is 2.38. The normalized spacial score (nSPS) is 10.3. The number of nitro benzene ring substituents is 1. The first kappa shape index (κ1) is 10.2. The molecule has 82 valence electrons. The smallest absolute Gasteiger partial charge is 0.269 e. The highest BCUT2D eigenvalue weighted by Gasteiger charge is 2.09. The Hall–Kier alpha value is -2.37. The second-order valence-electron chi connectivity index (χ2n) is 3.38. The van der Waals surface area contributed by atoms with E-state index in [1.807, 2.05) is 0 Å². The Morgan fingerprint density at radius 2 is 1.81 bits per heavy atom. The van der Waals surface area contributed by atoms with E-state index in [0.717, 1.165) is 5.56 Å². The summed E-state index contributed by atoms with van der Waals surface area (Å²) in [6.45, 7) is 1.69. The number of H-pyrrole nitrogens is 2. The van der Waals surface area contributed by atoms with Crippen molar-refractivity contribution in [1.29, 1.82) is 0 Å². The number of benzene rings is 1.